The molecule has 0 saturated carbocycles. The van der Waals surface area contributed by atoms with Crippen molar-refractivity contribution < 1.29 is 22.6 Å². The molecule has 2 atom stereocenters. The Bertz CT molecular complexity index is 708. The first-order chi connectivity index (χ1) is 13.4. The van der Waals surface area contributed by atoms with Crippen molar-refractivity contribution in [2.24, 2.45) is 0 Å². The van der Waals surface area contributed by atoms with Crippen molar-refractivity contribution >= 4 is 11.5 Å². The number of morpholine rings is 1. The van der Waals surface area contributed by atoms with E-state index < -0.39 is 17.8 Å². The zero-order valence-electron chi connectivity index (χ0n) is 17.8. The van der Waals surface area contributed by atoms with Crippen LogP contribution < -0.4 is 14.5 Å². The van der Waals surface area contributed by atoms with Gasteiger partial charge in [0.25, 0.3) is 0 Å². The molecule has 1 aromatic rings. The summed E-state index contributed by atoms with van der Waals surface area (Å²) >= 11 is 0. The number of ether oxygens (including phenoxy) is 2. The van der Waals surface area contributed by atoms with Crippen LogP contribution in [0.15, 0.2) is 12.1 Å². The summed E-state index contributed by atoms with van der Waals surface area (Å²) in [6.07, 6.45) is -4.34. The smallest absolute Gasteiger partial charge is 0.410 e. The molecule has 164 valence electrons. The fourth-order valence-electron chi connectivity index (χ4n) is 3.74. The van der Waals surface area contributed by atoms with Crippen LogP contribution in [0, 0.1) is 0 Å². The summed E-state index contributed by atoms with van der Waals surface area (Å²) in [5.41, 5.74) is 0.301. The van der Waals surface area contributed by atoms with Crippen molar-refractivity contribution in [1.29, 1.82) is 0 Å². The molecule has 0 aromatic carbocycles. The van der Waals surface area contributed by atoms with Crippen LogP contribution in [-0.2, 0) is 4.74 Å². The lowest BCUT2D eigenvalue weighted by molar-refractivity contribution is -0.155. The maximum Gasteiger partial charge on any atom is 0.410 e. The number of piperazine rings is 1. The highest BCUT2D eigenvalue weighted by molar-refractivity contribution is 5.59. The van der Waals surface area contributed by atoms with E-state index in [0.717, 1.165) is 5.69 Å². The van der Waals surface area contributed by atoms with Gasteiger partial charge in [-0.15, -0.1) is 0 Å². The maximum atomic E-state index is 13.8. The Hall–Kier alpha value is -1.74. The van der Waals surface area contributed by atoms with E-state index in [4.69, 9.17) is 9.47 Å². The van der Waals surface area contributed by atoms with Gasteiger partial charge in [-0.05, 0) is 34.7 Å². The van der Waals surface area contributed by atoms with Crippen molar-refractivity contribution in [3.63, 3.8) is 0 Å². The molecule has 2 saturated heterocycles. The Morgan fingerprint density at radius 1 is 1.10 bits per heavy atom. The van der Waals surface area contributed by atoms with Gasteiger partial charge in [-0.1, -0.05) is 0 Å². The van der Waals surface area contributed by atoms with E-state index in [-0.39, 0.29) is 19.1 Å². The summed E-state index contributed by atoms with van der Waals surface area (Å²) in [7, 11) is 1.71. The average molecular weight is 416 g/mol. The number of likely N-dealkylation sites (N-methyl/N-ethyl adjacent to an activating group) is 1. The SMILES string of the molecule is C[C@@H]1COCCN1c1cc(OC(C)(C)C)nc(N2CCN(C)CC2C(F)(F)F)c1. The molecular weight excluding hydrogens is 385 g/mol. The predicted molar refractivity (Wildman–Crippen MR) is 107 cm³/mol. The summed E-state index contributed by atoms with van der Waals surface area (Å²) in [5.74, 6) is 0.638. The zero-order chi connectivity index (χ0) is 21.4. The molecule has 0 bridgehead atoms. The molecule has 2 aliphatic heterocycles. The van der Waals surface area contributed by atoms with Crippen LogP contribution in [0.5, 0.6) is 5.88 Å². The molecule has 0 spiro atoms. The predicted octanol–water partition coefficient (Wildman–Crippen LogP) is 3.17. The lowest BCUT2D eigenvalue weighted by Crippen LogP contribution is -2.58. The second-order valence-electron chi connectivity index (χ2n) is 8.87. The minimum absolute atomic E-state index is 0.0845. The summed E-state index contributed by atoms with van der Waals surface area (Å²) in [6.45, 7) is 10.3. The number of pyridine rings is 1. The molecule has 9 heteroatoms. The molecule has 0 aliphatic carbocycles. The third-order valence-corrected chi connectivity index (χ3v) is 5.14. The highest BCUT2D eigenvalue weighted by atomic mass is 19.4. The van der Waals surface area contributed by atoms with Crippen LogP contribution in [0.25, 0.3) is 0 Å². The van der Waals surface area contributed by atoms with E-state index >= 15 is 0 Å². The largest absolute Gasteiger partial charge is 0.472 e. The topological polar surface area (TPSA) is 41.1 Å². The minimum atomic E-state index is -4.34. The summed E-state index contributed by atoms with van der Waals surface area (Å²) < 4.78 is 52.8. The van der Waals surface area contributed by atoms with Crippen molar-refractivity contribution in [1.82, 2.24) is 9.88 Å². The lowest BCUT2D eigenvalue weighted by atomic mass is 10.1. The third-order valence-electron chi connectivity index (χ3n) is 5.14. The molecule has 0 N–H and O–H groups in total. The van der Waals surface area contributed by atoms with Crippen LogP contribution in [0.3, 0.4) is 0 Å². The zero-order valence-corrected chi connectivity index (χ0v) is 17.8. The van der Waals surface area contributed by atoms with Crippen LogP contribution in [-0.4, -0.2) is 80.2 Å². The number of alkyl halides is 3. The summed E-state index contributed by atoms with van der Waals surface area (Å²) in [5, 5.41) is 0. The van der Waals surface area contributed by atoms with Crippen molar-refractivity contribution in [2.75, 3.05) is 56.2 Å². The van der Waals surface area contributed by atoms with Gasteiger partial charge in [0, 0.05) is 50.0 Å². The number of hydrogen-bond acceptors (Lipinski definition) is 6. The molecule has 2 fully saturated rings. The van der Waals surface area contributed by atoms with E-state index in [1.807, 2.05) is 33.8 Å². The number of anilines is 2. The standard InChI is InChI=1S/C20H31F3N4O2/c1-14-13-28-9-8-26(14)15-10-17(24-18(11-15)29-19(2,3)4)27-7-6-25(5)12-16(27)20(21,22)23/h10-11,14,16H,6-9,12-13H2,1-5H3/t14-,16?/m1/s1. The molecule has 0 radical (unpaired) electrons. The molecule has 3 heterocycles. The summed E-state index contributed by atoms with van der Waals surface area (Å²) in [4.78, 5) is 9.69. The maximum absolute atomic E-state index is 13.8. The van der Waals surface area contributed by atoms with E-state index in [9.17, 15) is 13.2 Å². The Morgan fingerprint density at radius 2 is 1.83 bits per heavy atom. The van der Waals surface area contributed by atoms with Gasteiger partial charge in [0.1, 0.15) is 17.5 Å². The van der Waals surface area contributed by atoms with Crippen LogP contribution in [0.4, 0.5) is 24.7 Å². The highest BCUT2D eigenvalue weighted by Crippen LogP contribution is 2.35. The quantitative estimate of drug-likeness (QED) is 0.754. The van der Waals surface area contributed by atoms with E-state index in [1.54, 1.807) is 18.0 Å². The highest BCUT2D eigenvalue weighted by Gasteiger charge is 2.46. The number of nitrogens with zero attached hydrogens (tertiary/aromatic N) is 4. The van der Waals surface area contributed by atoms with Gasteiger partial charge in [0.2, 0.25) is 5.88 Å². The fourth-order valence-corrected chi connectivity index (χ4v) is 3.74. The average Bonchev–Trinajstić information content (AvgIpc) is 2.59. The number of aromatic nitrogens is 1. The first-order valence-corrected chi connectivity index (χ1v) is 10.0. The second kappa shape index (κ2) is 8.18. The fraction of sp³-hybridized carbons (Fsp3) is 0.750. The number of hydrogen-bond donors (Lipinski definition) is 0. The number of rotatable bonds is 3. The van der Waals surface area contributed by atoms with Gasteiger partial charge in [-0.2, -0.15) is 18.2 Å². The van der Waals surface area contributed by atoms with Crippen molar-refractivity contribution in [3.8, 4) is 5.88 Å². The first kappa shape index (κ1) is 22.0. The molecule has 1 unspecified atom stereocenters. The van der Waals surface area contributed by atoms with Crippen LogP contribution in [0.1, 0.15) is 27.7 Å². The first-order valence-electron chi connectivity index (χ1n) is 10.0. The Labute approximate surface area is 170 Å². The second-order valence-corrected chi connectivity index (χ2v) is 8.87. The van der Waals surface area contributed by atoms with Gasteiger partial charge >= 0.3 is 6.18 Å². The molecule has 2 aliphatic rings. The monoisotopic (exact) mass is 416 g/mol. The van der Waals surface area contributed by atoms with Gasteiger partial charge in [-0.25, -0.2) is 0 Å². The number of halogens is 3. The van der Waals surface area contributed by atoms with Crippen LogP contribution >= 0.6 is 0 Å². The van der Waals surface area contributed by atoms with E-state index in [0.29, 0.717) is 38.0 Å². The Kier molecular flexibility index (Phi) is 6.19. The molecule has 29 heavy (non-hydrogen) atoms. The van der Waals surface area contributed by atoms with Gasteiger partial charge in [-0.3, -0.25) is 0 Å². The molecule has 0 amide bonds. The van der Waals surface area contributed by atoms with Crippen molar-refractivity contribution in [2.45, 2.75) is 51.6 Å². The third kappa shape index (κ3) is 5.45. The normalized spacial score (nSPS) is 24.7. The Morgan fingerprint density at radius 3 is 2.45 bits per heavy atom. The van der Waals surface area contributed by atoms with Crippen molar-refractivity contribution in [3.05, 3.63) is 12.1 Å². The lowest BCUT2D eigenvalue weighted by Gasteiger charge is -2.42. The van der Waals surface area contributed by atoms with Crippen LogP contribution in [0.2, 0.25) is 0 Å². The molecule has 3 rings (SSSR count). The van der Waals surface area contributed by atoms with Gasteiger partial charge in [0.15, 0.2) is 0 Å². The molecule has 1 aromatic heterocycles. The minimum Gasteiger partial charge on any atom is -0.472 e. The Balaban J connectivity index is 2.01. The summed E-state index contributed by atoms with van der Waals surface area (Å²) in [6, 6.07) is 2.08. The van der Waals surface area contributed by atoms with E-state index in [2.05, 4.69) is 9.88 Å². The molecular formula is C20H31F3N4O2. The van der Waals surface area contributed by atoms with Gasteiger partial charge < -0.3 is 24.2 Å². The van der Waals surface area contributed by atoms with E-state index in [1.165, 1.54) is 4.90 Å². The molecule has 6 nitrogen and oxygen atoms in total. The van der Waals surface area contributed by atoms with Gasteiger partial charge in [0.05, 0.1) is 13.2 Å².